The number of fused-ring (bicyclic) bond motifs is 1. The zero-order valence-electron chi connectivity index (χ0n) is 16.9. The Bertz CT molecular complexity index is 896. The molecular weight excluding hydrogens is 350 g/mol. The number of aliphatic hydroxyl groups is 2. The Morgan fingerprint density at radius 3 is 2.68 bits per heavy atom. The van der Waals surface area contributed by atoms with Crippen molar-refractivity contribution >= 4 is 15.7 Å². The molecule has 0 spiro atoms. The van der Waals surface area contributed by atoms with Crippen molar-refractivity contribution in [2.75, 3.05) is 6.61 Å². The predicted molar refractivity (Wildman–Crippen MR) is 115 cm³/mol. The molecule has 1 fully saturated rings. The average molecular weight is 378 g/mol. The van der Waals surface area contributed by atoms with Gasteiger partial charge in [0.15, 0.2) is 0 Å². The maximum atomic E-state index is 10.5. The van der Waals surface area contributed by atoms with Gasteiger partial charge in [0.05, 0.1) is 24.9 Å². The maximum absolute atomic E-state index is 10.5. The molecule has 1 aliphatic heterocycles. The fourth-order valence-corrected chi connectivity index (χ4v) is 4.72. The minimum atomic E-state index is -0.532. The van der Waals surface area contributed by atoms with E-state index >= 15 is 0 Å². The van der Waals surface area contributed by atoms with E-state index in [1.54, 1.807) is 6.07 Å². The van der Waals surface area contributed by atoms with Crippen LogP contribution in [0.3, 0.4) is 0 Å². The second-order valence-electron chi connectivity index (χ2n) is 9.12. The Hall–Kier alpha value is -1.75. The van der Waals surface area contributed by atoms with Gasteiger partial charge in [0, 0.05) is 18.4 Å². The Labute approximate surface area is 168 Å². The van der Waals surface area contributed by atoms with Crippen molar-refractivity contribution in [3.8, 4) is 5.75 Å². The molecule has 3 N–H and O–H groups in total. The lowest BCUT2D eigenvalue weighted by Gasteiger charge is -2.39. The Morgan fingerprint density at radius 1 is 1.18 bits per heavy atom. The summed E-state index contributed by atoms with van der Waals surface area (Å²) in [5, 5.41) is 30.3. The van der Waals surface area contributed by atoms with Crippen molar-refractivity contribution in [3.05, 3.63) is 63.7 Å². The van der Waals surface area contributed by atoms with Crippen LogP contribution in [0.15, 0.2) is 30.3 Å². The first-order valence-corrected chi connectivity index (χ1v) is 10.2. The lowest BCUT2D eigenvalue weighted by atomic mass is 9.42. The van der Waals surface area contributed by atoms with Crippen LogP contribution >= 0.6 is 0 Å². The van der Waals surface area contributed by atoms with Crippen LogP contribution in [0, 0.1) is 6.92 Å². The molecule has 1 aliphatic carbocycles. The summed E-state index contributed by atoms with van der Waals surface area (Å²) in [7, 11) is 4.57. The summed E-state index contributed by atoms with van der Waals surface area (Å²) in [6.07, 6.45) is 1.45. The summed E-state index contributed by atoms with van der Waals surface area (Å²) in [4.78, 5) is 0. The Balaban J connectivity index is 1.62. The van der Waals surface area contributed by atoms with Gasteiger partial charge in [-0.15, -0.1) is 0 Å². The van der Waals surface area contributed by atoms with E-state index in [9.17, 15) is 15.3 Å². The van der Waals surface area contributed by atoms with Crippen LogP contribution < -0.4 is 0 Å². The molecule has 146 valence electrons. The SMILES string of the molecule is BC1(B)Cc2ccc(Cc3cc(C4CC(O)CC(CO)O4)c(O)cc3C)cc21. The second-order valence-corrected chi connectivity index (χ2v) is 9.12. The molecule has 3 atom stereocenters. The third-order valence-corrected chi connectivity index (χ3v) is 6.34. The minimum Gasteiger partial charge on any atom is -0.508 e. The number of rotatable bonds is 4. The highest BCUT2D eigenvalue weighted by Crippen LogP contribution is 2.39. The molecule has 0 radical (unpaired) electrons. The van der Waals surface area contributed by atoms with Gasteiger partial charge in [-0.3, -0.25) is 0 Å². The van der Waals surface area contributed by atoms with Gasteiger partial charge in [0.25, 0.3) is 0 Å². The third-order valence-electron chi connectivity index (χ3n) is 6.34. The van der Waals surface area contributed by atoms with Gasteiger partial charge in [0.2, 0.25) is 0 Å². The van der Waals surface area contributed by atoms with E-state index in [1.807, 2.05) is 13.0 Å². The number of hydrogen-bond acceptors (Lipinski definition) is 4. The van der Waals surface area contributed by atoms with Gasteiger partial charge >= 0.3 is 0 Å². The zero-order chi connectivity index (χ0) is 20.1. The number of ether oxygens (including phenoxy) is 1. The van der Waals surface area contributed by atoms with Gasteiger partial charge < -0.3 is 20.1 Å². The number of aromatic hydroxyl groups is 1. The number of phenolic OH excluding ortho intramolecular Hbond substituents is 1. The summed E-state index contributed by atoms with van der Waals surface area (Å²) < 4.78 is 5.92. The van der Waals surface area contributed by atoms with Crippen molar-refractivity contribution in [1.29, 1.82) is 0 Å². The van der Waals surface area contributed by atoms with E-state index in [0.29, 0.717) is 18.4 Å². The molecule has 0 aromatic heterocycles. The van der Waals surface area contributed by atoms with Crippen molar-refractivity contribution in [2.45, 2.75) is 56.1 Å². The molecule has 2 aromatic rings. The van der Waals surface area contributed by atoms with Crippen LogP contribution in [0.25, 0.3) is 0 Å². The van der Waals surface area contributed by atoms with Crippen LogP contribution in [0.4, 0.5) is 0 Å². The first-order chi connectivity index (χ1) is 13.3. The Kier molecular flexibility index (Phi) is 5.07. The quantitative estimate of drug-likeness (QED) is 0.690. The predicted octanol–water partition coefficient (Wildman–Crippen LogP) is 0.840. The highest BCUT2D eigenvalue weighted by molar-refractivity contribution is 6.41. The topological polar surface area (TPSA) is 69.9 Å². The molecule has 1 saturated heterocycles. The van der Waals surface area contributed by atoms with Crippen molar-refractivity contribution in [2.24, 2.45) is 0 Å². The molecule has 4 nitrogen and oxygen atoms in total. The standard InChI is InChI=1S/C22H28B2O4/c1-12-4-20(27)18(21-9-16(26)8-17(11-25)28-21)7-15(12)5-13-2-3-14-10-22(23,24)19(14)6-13/h2-4,6-7,16-17,21,25-27H,5,8-11,23-24H2,1H3. The summed E-state index contributed by atoms with van der Waals surface area (Å²) in [6, 6.07) is 10.5. The maximum Gasteiger partial charge on any atom is 0.121 e. The van der Waals surface area contributed by atoms with Crippen LogP contribution in [-0.2, 0) is 22.8 Å². The van der Waals surface area contributed by atoms with Crippen LogP contribution in [0.1, 0.15) is 52.3 Å². The van der Waals surface area contributed by atoms with E-state index in [4.69, 9.17) is 4.74 Å². The zero-order valence-corrected chi connectivity index (χ0v) is 16.9. The van der Waals surface area contributed by atoms with Crippen LogP contribution in [0.5, 0.6) is 5.75 Å². The molecule has 28 heavy (non-hydrogen) atoms. The fraction of sp³-hybridized carbons (Fsp3) is 0.455. The smallest absolute Gasteiger partial charge is 0.121 e. The highest BCUT2D eigenvalue weighted by atomic mass is 16.5. The van der Waals surface area contributed by atoms with E-state index < -0.39 is 18.3 Å². The van der Waals surface area contributed by atoms with Crippen molar-refractivity contribution in [1.82, 2.24) is 0 Å². The monoisotopic (exact) mass is 378 g/mol. The molecule has 0 bridgehead atoms. The summed E-state index contributed by atoms with van der Waals surface area (Å²) in [5.74, 6) is 0.190. The second kappa shape index (κ2) is 7.25. The lowest BCUT2D eigenvalue weighted by Crippen LogP contribution is -2.39. The van der Waals surface area contributed by atoms with Crippen molar-refractivity contribution < 1.29 is 20.1 Å². The van der Waals surface area contributed by atoms with Crippen LogP contribution in [0.2, 0.25) is 0 Å². The first-order valence-electron chi connectivity index (χ1n) is 10.2. The number of hydrogen-bond donors (Lipinski definition) is 3. The molecule has 2 aliphatic rings. The first kappa shape index (κ1) is 19.6. The highest BCUT2D eigenvalue weighted by Gasteiger charge is 2.34. The lowest BCUT2D eigenvalue weighted by molar-refractivity contribution is -0.114. The molecule has 3 unspecified atom stereocenters. The number of benzene rings is 2. The summed E-state index contributed by atoms with van der Waals surface area (Å²) in [5.41, 5.74) is 7.03. The van der Waals surface area contributed by atoms with Crippen LogP contribution in [-0.4, -0.2) is 49.8 Å². The molecule has 2 aromatic carbocycles. The Morgan fingerprint density at radius 2 is 1.96 bits per heavy atom. The average Bonchev–Trinajstić information content (AvgIpc) is 2.63. The molecule has 0 saturated carbocycles. The molecular formula is C22H28B2O4. The van der Waals surface area contributed by atoms with E-state index in [-0.39, 0.29) is 17.6 Å². The summed E-state index contributed by atoms with van der Waals surface area (Å²) >= 11 is 0. The molecule has 0 amide bonds. The van der Waals surface area contributed by atoms with E-state index in [1.165, 1.54) is 16.7 Å². The number of aryl methyl sites for hydroxylation is 1. The molecule has 1 heterocycles. The van der Waals surface area contributed by atoms with Gasteiger partial charge in [-0.25, -0.2) is 0 Å². The van der Waals surface area contributed by atoms with E-state index in [2.05, 4.69) is 33.9 Å². The van der Waals surface area contributed by atoms with Gasteiger partial charge in [-0.05, 0) is 54.2 Å². The third kappa shape index (κ3) is 3.61. The van der Waals surface area contributed by atoms with Gasteiger partial charge in [-0.1, -0.05) is 29.0 Å². The van der Waals surface area contributed by atoms with E-state index in [0.717, 1.165) is 24.0 Å². The normalized spacial score (nSPS) is 25.8. The minimum absolute atomic E-state index is 0.127. The fourth-order valence-electron chi connectivity index (χ4n) is 4.72. The van der Waals surface area contributed by atoms with Crippen molar-refractivity contribution in [3.63, 3.8) is 0 Å². The largest absolute Gasteiger partial charge is 0.508 e. The number of aliphatic hydroxyl groups excluding tert-OH is 2. The number of phenols is 1. The van der Waals surface area contributed by atoms with Gasteiger partial charge in [-0.2, -0.15) is 0 Å². The van der Waals surface area contributed by atoms with Gasteiger partial charge in [0.1, 0.15) is 21.4 Å². The molecule has 6 heteroatoms. The molecule has 4 rings (SSSR count). The summed E-state index contributed by atoms with van der Waals surface area (Å²) in [6.45, 7) is 1.88.